The van der Waals surface area contributed by atoms with E-state index >= 15 is 0 Å². The zero-order valence-electron chi connectivity index (χ0n) is 13.7. The molecule has 2 aliphatic heterocycles. The lowest BCUT2D eigenvalue weighted by Crippen LogP contribution is -2.33. The highest BCUT2D eigenvalue weighted by Gasteiger charge is 2.56. The number of ketones is 1. The third kappa shape index (κ3) is 2.50. The number of amides is 2. The van der Waals surface area contributed by atoms with Gasteiger partial charge in [0.05, 0.1) is 5.69 Å². The summed E-state index contributed by atoms with van der Waals surface area (Å²) in [5, 5.41) is 4.51. The Kier molecular flexibility index (Phi) is 3.85. The summed E-state index contributed by atoms with van der Waals surface area (Å²) < 4.78 is 0. The molecule has 130 valence electrons. The number of rotatable bonds is 3. The molecule has 2 aliphatic rings. The van der Waals surface area contributed by atoms with E-state index in [9.17, 15) is 14.4 Å². The standard InChI is InChI=1S/C19H13ClN2O4/c1-10(23)11-4-8-14(9-5-11)22-18(24)15-16(21-26-17(15)19(22)25)12-2-6-13(20)7-3-12/h2-9,15,17H,1H3/t15-,17+/m0/s1. The van der Waals surface area contributed by atoms with Crippen molar-refractivity contribution in [3.63, 3.8) is 0 Å². The molecule has 2 amide bonds. The predicted molar refractivity (Wildman–Crippen MR) is 95.3 cm³/mol. The molecule has 0 aliphatic carbocycles. The van der Waals surface area contributed by atoms with Gasteiger partial charge in [-0.15, -0.1) is 0 Å². The molecule has 1 fully saturated rings. The van der Waals surface area contributed by atoms with Crippen LogP contribution in [0, 0.1) is 5.92 Å². The Bertz CT molecular complexity index is 951. The van der Waals surface area contributed by atoms with Gasteiger partial charge >= 0.3 is 0 Å². The Balaban J connectivity index is 1.66. The number of benzene rings is 2. The summed E-state index contributed by atoms with van der Waals surface area (Å²) in [7, 11) is 0. The van der Waals surface area contributed by atoms with Gasteiger partial charge in [0.2, 0.25) is 12.0 Å². The average molecular weight is 369 g/mol. The molecule has 0 spiro atoms. The SMILES string of the molecule is CC(=O)c1ccc(N2C(=O)[C@H]3C(c4ccc(Cl)cc4)=NO[C@H]3C2=O)cc1. The predicted octanol–water partition coefficient (Wildman–Crippen LogP) is 2.84. The molecule has 2 aromatic rings. The second kappa shape index (κ2) is 6.07. The fraction of sp³-hybridized carbons (Fsp3) is 0.158. The fourth-order valence-corrected chi connectivity index (χ4v) is 3.26. The van der Waals surface area contributed by atoms with Crippen molar-refractivity contribution >= 4 is 40.6 Å². The maximum absolute atomic E-state index is 12.9. The number of anilines is 1. The van der Waals surface area contributed by atoms with Crippen LogP contribution in [-0.2, 0) is 14.4 Å². The van der Waals surface area contributed by atoms with Gasteiger partial charge in [-0.05, 0) is 43.3 Å². The lowest BCUT2D eigenvalue weighted by Gasteiger charge is -2.15. The zero-order valence-corrected chi connectivity index (χ0v) is 14.4. The number of hydrogen-bond donors (Lipinski definition) is 0. The molecule has 2 aromatic carbocycles. The van der Waals surface area contributed by atoms with Crippen molar-refractivity contribution < 1.29 is 19.2 Å². The highest BCUT2D eigenvalue weighted by atomic mass is 35.5. The monoisotopic (exact) mass is 368 g/mol. The molecule has 0 aromatic heterocycles. The first-order chi connectivity index (χ1) is 12.5. The van der Waals surface area contributed by atoms with Crippen LogP contribution in [0.4, 0.5) is 5.69 Å². The molecule has 7 heteroatoms. The van der Waals surface area contributed by atoms with E-state index in [0.717, 1.165) is 4.90 Å². The van der Waals surface area contributed by atoms with E-state index in [0.29, 0.717) is 27.5 Å². The van der Waals surface area contributed by atoms with Crippen molar-refractivity contribution in [2.24, 2.45) is 11.1 Å². The van der Waals surface area contributed by atoms with Gasteiger partial charge in [0.15, 0.2) is 5.78 Å². The first-order valence-corrected chi connectivity index (χ1v) is 8.33. The van der Waals surface area contributed by atoms with E-state index in [1.165, 1.54) is 6.92 Å². The van der Waals surface area contributed by atoms with Crippen LogP contribution in [0.15, 0.2) is 53.7 Å². The van der Waals surface area contributed by atoms with Gasteiger partial charge in [-0.25, -0.2) is 4.90 Å². The van der Waals surface area contributed by atoms with Crippen molar-refractivity contribution in [3.8, 4) is 0 Å². The minimum absolute atomic E-state index is 0.0898. The van der Waals surface area contributed by atoms with Gasteiger partial charge in [-0.2, -0.15) is 0 Å². The van der Waals surface area contributed by atoms with Gasteiger partial charge in [0.25, 0.3) is 5.91 Å². The molecule has 1 saturated heterocycles. The van der Waals surface area contributed by atoms with Crippen molar-refractivity contribution in [1.82, 2.24) is 0 Å². The Morgan fingerprint density at radius 3 is 2.31 bits per heavy atom. The zero-order chi connectivity index (χ0) is 18.4. The summed E-state index contributed by atoms with van der Waals surface area (Å²) >= 11 is 5.90. The van der Waals surface area contributed by atoms with Crippen LogP contribution >= 0.6 is 11.6 Å². The number of carbonyl (C=O) groups is 3. The first-order valence-electron chi connectivity index (χ1n) is 7.96. The van der Waals surface area contributed by atoms with Crippen LogP contribution in [0.2, 0.25) is 5.02 Å². The quantitative estimate of drug-likeness (QED) is 0.616. The number of hydrogen-bond acceptors (Lipinski definition) is 5. The summed E-state index contributed by atoms with van der Waals surface area (Å²) in [6, 6.07) is 13.2. The molecule has 2 atom stereocenters. The molecule has 0 unspecified atom stereocenters. The Labute approximate surface area is 154 Å². The second-order valence-electron chi connectivity index (χ2n) is 6.10. The highest BCUT2D eigenvalue weighted by molar-refractivity contribution is 6.33. The van der Waals surface area contributed by atoms with Gasteiger partial charge < -0.3 is 4.84 Å². The van der Waals surface area contributed by atoms with Crippen LogP contribution in [0.25, 0.3) is 0 Å². The number of fused-ring (bicyclic) bond motifs is 1. The van der Waals surface area contributed by atoms with E-state index in [1.54, 1.807) is 48.5 Å². The van der Waals surface area contributed by atoms with E-state index in [1.807, 2.05) is 0 Å². The second-order valence-corrected chi connectivity index (χ2v) is 6.54. The third-order valence-electron chi connectivity index (χ3n) is 4.48. The van der Waals surface area contributed by atoms with Gasteiger partial charge in [0.1, 0.15) is 11.6 Å². The van der Waals surface area contributed by atoms with Crippen molar-refractivity contribution in [2.75, 3.05) is 4.90 Å². The summed E-state index contributed by atoms with van der Waals surface area (Å²) in [5.74, 6) is -1.76. The average Bonchev–Trinajstić information content (AvgIpc) is 3.17. The van der Waals surface area contributed by atoms with Gasteiger partial charge in [-0.3, -0.25) is 14.4 Å². The van der Waals surface area contributed by atoms with Crippen molar-refractivity contribution in [3.05, 3.63) is 64.7 Å². The van der Waals surface area contributed by atoms with Crippen molar-refractivity contribution in [1.29, 1.82) is 0 Å². The van der Waals surface area contributed by atoms with Crippen LogP contribution in [0.3, 0.4) is 0 Å². The topological polar surface area (TPSA) is 76.0 Å². The molecule has 4 rings (SSSR count). The third-order valence-corrected chi connectivity index (χ3v) is 4.74. The maximum atomic E-state index is 12.9. The molecule has 2 heterocycles. The van der Waals surface area contributed by atoms with Gasteiger partial charge in [0, 0.05) is 16.1 Å². The van der Waals surface area contributed by atoms with Crippen molar-refractivity contribution in [2.45, 2.75) is 13.0 Å². The summed E-state index contributed by atoms with van der Waals surface area (Å²) in [6.45, 7) is 1.45. The van der Waals surface area contributed by atoms with Crippen LogP contribution in [0.1, 0.15) is 22.8 Å². The number of Topliss-reactive ketones (excluding diaryl/α,β-unsaturated/α-hetero) is 1. The molecular weight excluding hydrogens is 356 g/mol. The normalized spacial score (nSPS) is 21.5. The maximum Gasteiger partial charge on any atom is 0.278 e. The lowest BCUT2D eigenvalue weighted by molar-refractivity contribution is -0.126. The molecule has 0 bridgehead atoms. The Morgan fingerprint density at radius 2 is 1.69 bits per heavy atom. The van der Waals surface area contributed by atoms with E-state index in [4.69, 9.17) is 16.4 Å². The molecule has 0 radical (unpaired) electrons. The minimum Gasteiger partial charge on any atom is -0.381 e. The van der Waals surface area contributed by atoms with E-state index < -0.39 is 23.8 Å². The molecule has 26 heavy (non-hydrogen) atoms. The lowest BCUT2D eigenvalue weighted by atomic mass is 9.94. The number of oxime groups is 1. The summed E-state index contributed by atoms with van der Waals surface area (Å²) in [4.78, 5) is 43.3. The Hall–Kier alpha value is -2.99. The van der Waals surface area contributed by atoms with Crippen LogP contribution in [0.5, 0.6) is 0 Å². The molecule has 6 nitrogen and oxygen atoms in total. The highest BCUT2D eigenvalue weighted by Crippen LogP contribution is 2.35. The minimum atomic E-state index is -0.972. The smallest absolute Gasteiger partial charge is 0.278 e. The number of imide groups is 1. The first kappa shape index (κ1) is 16.5. The number of carbonyl (C=O) groups excluding carboxylic acids is 3. The fourth-order valence-electron chi connectivity index (χ4n) is 3.14. The number of nitrogens with zero attached hydrogens (tertiary/aromatic N) is 2. The van der Waals surface area contributed by atoms with Crippen LogP contribution in [-0.4, -0.2) is 29.4 Å². The molecule has 0 N–H and O–H groups in total. The number of halogens is 1. The largest absolute Gasteiger partial charge is 0.381 e. The molecule has 0 saturated carbocycles. The Morgan fingerprint density at radius 1 is 1.04 bits per heavy atom. The van der Waals surface area contributed by atoms with Gasteiger partial charge in [-0.1, -0.05) is 28.9 Å². The summed E-state index contributed by atoms with van der Waals surface area (Å²) in [6.07, 6.45) is -0.972. The van der Waals surface area contributed by atoms with E-state index in [-0.39, 0.29) is 5.78 Å². The molecular formula is C19H13ClN2O4. The summed E-state index contributed by atoms with van der Waals surface area (Å²) in [5.41, 5.74) is 2.00. The van der Waals surface area contributed by atoms with Crippen LogP contribution < -0.4 is 4.90 Å². The van der Waals surface area contributed by atoms with E-state index in [2.05, 4.69) is 5.16 Å².